The van der Waals surface area contributed by atoms with Crippen molar-refractivity contribution in [1.29, 1.82) is 0 Å². The largest absolute Gasteiger partial charge is 0.456 e. The van der Waals surface area contributed by atoms with E-state index in [2.05, 4.69) is 0 Å². The summed E-state index contributed by atoms with van der Waals surface area (Å²) in [7, 11) is -2.12. The minimum absolute atomic E-state index is 0.00771. The number of halogens is 2. The van der Waals surface area contributed by atoms with Crippen molar-refractivity contribution >= 4 is 38.9 Å². The number of benzene rings is 2. The number of piperazine rings is 1. The third kappa shape index (κ3) is 4.81. The number of nitrogens with zero attached hydrogens (tertiary/aromatic N) is 3. The average molecular weight is 460 g/mol. The summed E-state index contributed by atoms with van der Waals surface area (Å²) in [6.45, 7) is 3.01. The van der Waals surface area contributed by atoms with Crippen molar-refractivity contribution in [3.8, 4) is 11.5 Å². The van der Waals surface area contributed by atoms with Gasteiger partial charge in [0.15, 0.2) is 0 Å². The molecule has 11 heteroatoms. The summed E-state index contributed by atoms with van der Waals surface area (Å²) in [5.74, 6) is 0.181. The lowest BCUT2D eigenvalue weighted by molar-refractivity contribution is -0.385. The van der Waals surface area contributed by atoms with Crippen LogP contribution in [0.15, 0.2) is 41.3 Å². The van der Waals surface area contributed by atoms with Gasteiger partial charge in [-0.2, -0.15) is 4.31 Å². The lowest BCUT2D eigenvalue weighted by atomic mass is 10.2. The van der Waals surface area contributed by atoms with Crippen molar-refractivity contribution in [1.82, 2.24) is 9.21 Å². The molecule has 1 unspecified atom stereocenters. The van der Waals surface area contributed by atoms with Crippen LogP contribution in [0.1, 0.15) is 6.92 Å². The van der Waals surface area contributed by atoms with Gasteiger partial charge in [0, 0.05) is 47.9 Å². The Bertz CT molecular complexity index is 1030. The maximum Gasteiger partial charge on any atom is 0.271 e. The van der Waals surface area contributed by atoms with Crippen molar-refractivity contribution in [3.63, 3.8) is 0 Å². The number of non-ortho nitro benzene ring substituents is 1. The van der Waals surface area contributed by atoms with E-state index >= 15 is 0 Å². The van der Waals surface area contributed by atoms with E-state index in [-0.39, 0.29) is 41.2 Å². The number of rotatable bonds is 5. The molecule has 0 N–H and O–H groups in total. The molecule has 1 atom stereocenters. The van der Waals surface area contributed by atoms with Gasteiger partial charge in [0.2, 0.25) is 10.0 Å². The number of likely N-dealkylation sites (N-methyl/N-ethyl adjacent to an activating group) is 1. The first-order valence-corrected chi connectivity index (χ1v) is 10.9. The average Bonchev–Trinajstić information content (AvgIpc) is 2.63. The van der Waals surface area contributed by atoms with Gasteiger partial charge < -0.3 is 9.64 Å². The van der Waals surface area contributed by atoms with Crippen LogP contribution >= 0.6 is 23.2 Å². The fourth-order valence-corrected chi connectivity index (χ4v) is 5.13. The van der Waals surface area contributed by atoms with Gasteiger partial charge in [0.05, 0.1) is 4.92 Å². The van der Waals surface area contributed by atoms with E-state index in [1.54, 1.807) is 0 Å². The second-order valence-electron chi connectivity index (χ2n) is 6.79. The molecule has 3 rings (SSSR count). The highest BCUT2D eigenvalue weighted by atomic mass is 35.5. The summed E-state index contributed by atoms with van der Waals surface area (Å²) in [6.07, 6.45) is 0. The van der Waals surface area contributed by atoms with Gasteiger partial charge in [-0.15, -0.1) is 0 Å². The van der Waals surface area contributed by atoms with E-state index in [9.17, 15) is 18.5 Å². The molecule has 1 saturated heterocycles. The number of hydrogen-bond acceptors (Lipinski definition) is 6. The third-order valence-corrected chi connectivity index (χ3v) is 7.06. The first-order valence-electron chi connectivity index (χ1n) is 8.70. The Kier molecular flexibility index (Phi) is 6.35. The van der Waals surface area contributed by atoms with Gasteiger partial charge >= 0.3 is 0 Å². The lowest BCUT2D eigenvalue weighted by Gasteiger charge is -2.36. The number of ether oxygens (including phenoxy) is 1. The minimum atomic E-state index is -4.03. The molecule has 0 amide bonds. The van der Waals surface area contributed by atoms with Crippen molar-refractivity contribution in [2.75, 3.05) is 26.7 Å². The zero-order valence-corrected chi connectivity index (χ0v) is 18.0. The fraction of sp³-hybridized carbons (Fsp3) is 0.333. The van der Waals surface area contributed by atoms with Crippen LogP contribution in [0.2, 0.25) is 10.0 Å². The maximum absolute atomic E-state index is 13.3. The van der Waals surface area contributed by atoms with E-state index in [0.717, 1.165) is 6.07 Å². The molecule has 1 aliphatic heterocycles. The quantitative estimate of drug-likeness (QED) is 0.495. The van der Waals surface area contributed by atoms with Gasteiger partial charge in [-0.25, -0.2) is 8.42 Å². The molecule has 1 aliphatic rings. The highest BCUT2D eigenvalue weighted by Gasteiger charge is 2.34. The lowest BCUT2D eigenvalue weighted by Crippen LogP contribution is -2.51. The summed E-state index contributed by atoms with van der Waals surface area (Å²) < 4.78 is 33.7. The van der Waals surface area contributed by atoms with Crippen LogP contribution in [0.3, 0.4) is 0 Å². The molecule has 2 aromatic rings. The summed E-state index contributed by atoms with van der Waals surface area (Å²) in [4.78, 5) is 12.3. The Labute approximate surface area is 178 Å². The minimum Gasteiger partial charge on any atom is -0.456 e. The number of nitro groups is 1. The second-order valence-corrected chi connectivity index (χ2v) is 9.57. The topological polar surface area (TPSA) is 93.0 Å². The molecule has 0 saturated carbocycles. The second kappa shape index (κ2) is 8.45. The van der Waals surface area contributed by atoms with Gasteiger partial charge in [0.25, 0.3) is 5.69 Å². The standard InChI is InChI=1S/C18H19Cl2N3O5S/c1-12-11-22(6-5-21(12)2)29(26,27)18-10-15(23(24)25)3-4-17(18)28-16-8-13(19)7-14(20)9-16/h3-4,7-10,12H,5-6,11H2,1-2H3. The van der Waals surface area contributed by atoms with Crippen molar-refractivity contribution in [2.24, 2.45) is 0 Å². The first kappa shape index (κ1) is 21.8. The molecule has 29 heavy (non-hydrogen) atoms. The Hall–Kier alpha value is -1.91. The maximum atomic E-state index is 13.3. The van der Waals surface area contributed by atoms with Crippen LogP contribution in [0, 0.1) is 10.1 Å². The van der Waals surface area contributed by atoms with E-state index in [4.69, 9.17) is 27.9 Å². The number of nitro benzene ring substituents is 1. The highest BCUT2D eigenvalue weighted by Crippen LogP contribution is 2.36. The number of sulfonamides is 1. The van der Waals surface area contributed by atoms with Crippen molar-refractivity contribution < 1.29 is 18.1 Å². The first-order chi connectivity index (χ1) is 13.6. The van der Waals surface area contributed by atoms with Crippen LogP contribution in [0.25, 0.3) is 0 Å². The molecule has 1 heterocycles. The molecule has 1 fully saturated rings. The zero-order valence-electron chi connectivity index (χ0n) is 15.7. The highest BCUT2D eigenvalue weighted by molar-refractivity contribution is 7.89. The predicted octanol–water partition coefficient (Wildman–Crippen LogP) is 4.02. The van der Waals surface area contributed by atoms with Crippen LogP contribution in [-0.4, -0.2) is 55.3 Å². The zero-order chi connectivity index (χ0) is 21.3. The van der Waals surface area contributed by atoms with Crippen LogP contribution in [-0.2, 0) is 10.0 Å². The smallest absolute Gasteiger partial charge is 0.271 e. The summed E-state index contributed by atoms with van der Waals surface area (Å²) in [5, 5.41) is 11.8. The molecule has 156 valence electrons. The Morgan fingerprint density at radius 2 is 1.79 bits per heavy atom. The molecule has 0 bridgehead atoms. The van der Waals surface area contributed by atoms with E-state index in [1.807, 2.05) is 18.9 Å². The van der Waals surface area contributed by atoms with E-state index in [1.165, 1.54) is 34.6 Å². The molecule has 2 aromatic carbocycles. The van der Waals surface area contributed by atoms with E-state index < -0.39 is 14.9 Å². The summed E-state index contributed by atoms with van der Waals surface area (Å²) in [5.41, 5.74) is -0.345. The third-order valence-electron chi connectivity index (χ3n) is 4.74. The molecule has 0 aromatic heterocycles. The molecule has 0 aliphatic carbocycles. The Balaban J connectivity index is 2.05. The fourth-order valence-electron chi connectivity index (χ4n) is 2.98. The normalized spacial score (nSPS) is 18.6. The van der Waals surface area contributed by atoms with Crippen LogP contribution in [0.4, 0.5) is 5.69 Å². The number of hydrogen-bond donors (Lipinski definition) is 0. The summed E-state index contributed by atoms with van der Waals surface area (Å²) >= 11 is 12.0. The Morgan fingerprint density at radius 3 is 2.38 bits per heavy atom. The van der Waals surface area contributed by atoms with Gasteiger partial charge in [0.1, 0.15) is 16.4 Å². The Morgan fingerprint density at radius 1 is 1.14 bits per heavy atom. The van der Waals surface area contributed by atoms with Gasteiger partial charge in [-0.3, -0.25) is 10.1 Å². The summed E-state index contributed by atoms with van der Waals surface area (Å²) in [6, 6.07) is 7.93. The monoisotopic (exact) mass is 459 g/mol. The SMILES string of the molecule is CC1CN(S(=O)(=O)c2cc([N+](=O)[O-])ccc2Oc2cc(Cl)cc(Cl)c2)CCN1C. The van der Waals surface area contributed by atoms with Crippen LogP contribution < -0.4 is 4.74 Å². The molecular formula is C18H19Cl2N3O5S. The molecule has 0 radical (unpaired) electrons. The molecular weight excluding hydrogens is 441 g/mol. The predicted molar refractivity (Wildman–Crippen MR) is 110 cm³/mol. The van der Waals surface area contributed by atoms with Crippen molar-refractivity contribution in [3.05, 3.63) is 56.6 Å². The van der Waals surface area contributed by atoms with Crippen LogP contribution in [0.5, 0.6) is 11.5 Å². The van der Waals surface area contributed by atoms with Gasteiger partial charge in [-0.05, 0) is 38.2 Å². The van der Waals surface area contributed by atoms with E-state index in [0.29, 0.717) is 16.6 Å². The van der Waals surface area contributed by atoms with Crippen molar-refractivity contribution in [2.45, 2.75) is 17.9 Å². The molecule has 8 nitrogen and oxygen atoms in total. The van der Waals surface area contributed by atoms with Gasteiger partial charge in [-0.1, -0.05) is 23.2 Å². The molecule has 0 spiro atoms.